The highest BCUT2D eigenvalue weighted by atomic mass is 19.4. The van der Waals surface area contributed by atoms with E-state index in [0.29, 0.717) is 63.0 Å². The number of halogens is 6. The Morgan fingerprint density at radius 3 is 2.33 bits per heavy atom. The van der Waals surface area contributed by atoms with Gasteiger partial charge in [-0.15, -0.1) is 0 Å². The summed E-state index contributed by atoms with van der Waals surface area (Å²) in [5, 5.41) is 6.94. The first-order valence-electron chi connectivity index (χ1n) is 15.4. The normalized spacial score (nSPS) is 17.2. The summed E-state index contributed by atoms with van der Waals surface area (Å²) in [5.41, 5.74) is 1.96. The Hall–Kier alpha value is -3.39. The molecule has 0 saturated carbocycles. The summed E-state index contributed by atoms with van der Waals surface area (Å²) in [6, 6.07) is 0.878. The molecule has 0 bridgehead atoms. The van der Waals surface area contributed by atoms with Crippen molar-refractivity contribution >= 4 is 28.4 Å². The van der Waals surface area contributed by atoms with Crippen LogP contribution in [0.2, 0.25) is 0 Å². The Balaban J connectivity index is 1.66. The molecule has 5 rings (SSSR count). The second-order valence-corrected chi connectivity index (χ2v) is 12.5. The highest BCUT2D eigenvalue weighted by Gasteiger charge is 2.41. The lowest BCUT2D eigenvalue weighted by atomic mass is 9.95. The summed E-state index contributed by atoms with van der Waals surface area (Å²) in [4.78, 5) is 17.6. The van der Waals surface area contributed by atoms with Crippen molar-refractivity contribution in [1.82, 2.24) is 25.2 Å². The molecule has 2 saturated heterocycles. The zero-order valence-corrected chi connectivity index (χ0v) is 26.1. The monoisotopic (exact) mass is 638 g/mol. The number of anilines is 3. The molecule has 0 aliphatic carbocycles. The van der Waals surface area contributed by atoms with E-state index in [1.807, 2.05) is 23.6 Å². The van der Waals surface area contributed by atoms with E-state index in [4.69, 9.17) is 10.7 Å². The summed E-state index contributed by atoms with van der Waals surface area (Å²) >= 11 is 0. The fourth-order valence-electron chi connectivity index (χ4n) is 5.89. The van der Waals surface area contributed by atoms with Crippen molar-refractivity contribution in [2.75, 3.05) is 48.7 Å². The Morgan fingerprint density at radius 1 is 1.04 bits per heavy atom. The molecule has 2 aromatic heterocycles. The van der Waals surface area contributed by atoms with Gasteiger partial charge in [0, 0.05) is 37.8 Å². The first-order chi connectivity index (χ1) is 21.2. The van der Waals surface area contributed by atoms with E-state index in [2.05, 4.69) is 34.4 Å². The van der Waals surface area contributed by atoms with Gasteiger partial charge in [0.1, 0.15) is 29.0 Å². The van der Waals surface area contributed by atoms with Crippen molar-refractivity contribution in [2.24, 2.45) is 5.92 Å². The van der Waals surface area contributed by atoms with E-state index < -0.39 is 52.1 Å². The largest absolute Gasteiger partial charge is 0.417 e. The molecule has 0 spiro atoms. The van der Waals surface area contributed by atoms with Gasteiger partial charge in [0.15, 0.2) is 5.82 Å². The number of aryl methyl sites for hydroxylation is 1. The van der Waals surface area contributed by atoms with E-state index in [1.165, 1.54) is 0 Å². The molecule has 3 aromatic rings. The third-order valence-corrected chi connectivity index (χ3v) is 8.45. The maximum absolute atomic E-state index is 16.6. The number of rotatable bonds is 11. The zero-order valence-electron chi connectivity index (χ0n) is 26.1. The Kier molecular flexibility index (Phi) is 9.37. The van der Waals surface area contributed by atoms with Gasteiger partial charge in [-0.2, -0.15) is 18.2 Å². The number of alkyl halides is 4. The number of nitrogens with one attached hydrogen (secondary N) is 2. The number of benzene rings is 1. The molecule has 2 aliphatic rings. The van der Waals surface area contributed by atoms with Crippen molar-refractivity contribution in [3.63, 3.8) is 0 Å². The van der Waals surface area contributed by atoms with Gasteiger partial charge >= 0.3 is 6.18 Å². The number of hydrogen-bond acceptors (Lipinski definition) is 8. The van der Waals surface area contributed by atoms with Gasteiger partial charge in [0.2, 0.25) is 5.95 Å². The van der Waals surface area contributed by atoms with E-state index in [0.717, 1.165) is 19.4 Å². The summed E-state index contributed by atoms with van der Waals surface area (Å²) < 4.78 is 87.6. The van der Waals surface area contributed by atoms with Crippen LogP contribution >= 0.6 is 0 Å². The quantitative estimate of drug-likeness (QED) is 0.133. The molecule has 0 amide bonds. The minimum absolute atomic E-state index is 0.0948. The highest BCUT2D eigenvalue weighted by Crippen LogP contribution is 2.44. The van der Waals surface area contributed by atoms with Crippen LogP contribution in [0.25, 0.3) is 22.2 Å². The van der Waals surface area contributed by atoms with Crippen molar-refractivity contribution in [3.8, 4) is 11.3 Å². The molecule has 246 valence electrons. The topological polar surface area (TPSA) is 95.2 Å². The van der Waals surface area contributed by atoms with E-state index >= 15 is 4.39 Å². The number of nitrogens with two attached hydrogens (primary N) is 1. The van der Waals surface area contributed by atoms with Gasteiger partial charge in [0.25, 0.3) is 0 Å². The maximum Gasteiger partial charge on any atom is 0.417 e. The Labute approximate surface area is 258 Å². The minimum Gasteiger partial charge on any atom is -0.396 e. The lowest BCUT2D eigenvalue weighted by Crippen LogP contribution is -2.66. The van der Waals surface area contributed by atoms with Gasteiger partial charge in [-0.25, -0.2) is 23.1 Å². The molecule has 1 atom stereocenters. The summed E-state index contributed by atoms with van der Waals surface area (Å²) in [7, 11) is 0. The van der Waals surface area contributed by atoms with Gasteiger partial charge in [-0.05, 0) is 50.8 Å². The SMILES string of the molecule is CCCc1nc(-c2cc(N)c(F)c(C)c2C(F)(F)F)c(F)c2nc(N3CC(N4CC(F)C4)C3)nc(NC(C)NCCC(C)C)c12. The fraction of sp³-hybridized carbons (Fsp3) is 0.581. The van der Waals surface area contributed by atoms with Gasteiger partial charge in [-0.1, -0.05) is 27.2 Å². The van der Waals surface area contributed by atoms with Gasteiger partial charge in [-0.3, -0.25) is 10.2 Å². The molecule has 8 nitrogen and oxygen atoms in total. The van der Waals surface area contributed by atoms with Crippen LogP contribution in [0.1, 0.15) is 57.4 Å². The molecular weight excluding hydrogens is 598 g/mol. The van der Waals surface area contributed by atoms with Crippen LogP contribution in [0.15, 0.2) is 6.07 Å². The van der Waals surface area contributed by atoms with Crippen molar-refractivity contribution < 1.29 is 26.3 Å². The average Bonchev–Trinajstić information content (AvgIpc) is 2.90. The number of pyridine rings is 1. The van der Waals surface area contributed by atoms with Crippen LogP contribution in [-0.4, -0.2) is 71.0 Å². The van der Waals surface area contributed by atoms with E-state index in [9.17, 15) is 22.0 Å². The number of aromatic nitrogens is 3. The second-order valence-electron chi connectivity index (χ2n) is 12.5. The van der Waals surface area contributed by atoms with Gasteiger partial charge < -0.3 is 16.0 Å². The van der Waals surface area contributed by atoms with Crippen molar-refractivity contribution in [2.45, 2.75) is 78.4 Å². The predicted octanol–water partition coefficient (Wildman–Crippen LogP) is 6.07. The highest BCUT2D eigenvalue weighted by molar-refractivity contribution is 5.95. The van der Waals surface area contributed by atoms with E-state index in [-0.39, 0.29) is 29.1 Å². The smallest absolute Gasteiger partial charge is 0.396 e. The number of likely N-dealkylation sites (tertiary alicyclic amines) is 1. The summed E-state index contributed by atoms with van der Waals surface area (Å²) in [6.07, 6.45) is -4.39. The number of nitrogens with zero attached hydrogens (tertiary/aromatic N) is 5. The summed E-state index contributed by atoms with van der Waals surface area (Å²) in [5.74, 6) is -1.34. The maximum atomic E-state index is 16.6. The predicted molar refractivity (Wildman–Crippen MR) is 164 cm³/mol. The lowest BCUT2D eigenvalue weighted by Gasteiger charge is -2.50. The number of hydrogen-bond donors (Lipinski definition) is 3. The summed E-state index contributed by atoms with van der Waals surface area (Å²) in [6.45, 7) is 11.4. The third kappa shape index (κ3) is 6.62. The Bertz CT molecular complexity index is 1550. The molecule has 2 aliphatic heterocycles. The standard InChI is InChI=1S/C31H40F6N8/c1-6-7-22-23-28(26(34)27(41-22)20-10-21(38)25(33)16(4)24(20)31(35,36)37)42-30(45-13-19(14-45)44-11-18(32)12-44)43-29(23)40-17(5)39-9-8-15(2)3/h10,15,17-19,39H,6-9,11-14,38H2,1-5H3,(H,40,42,43). The van der Waals surface area contributed by atoms with Gasteiger partial charge in [0.05, 0.1) is 28.5 Å². The molecule has 4 N–H and O–H groups in total. The Morgan fingerprint density at radius 2 is 1.73 bits per heavy atom. The average molecular weight is 639 g/mol. The minimum atomic E-state index is -5.01. The molecule has 1 aromatic carbocycles. The first-order valence-corrected chi connectivity index (χ1v) is 15.4. The molecular formula is C31H40F6N8. The zero-order chi connectivity index (χ0) is 32.8. The van der Waals surface area contributed by atoms with Crippen LogP contribution in [0.5, 0.6) is 0 Å². The molecule has 4 heterocycles. The molecule has 1 unspecified atom stereocenters. The van der Waals surface area contributed by atoms with Crippen molar-refractivity contribution in [1.29, 1.82) is 0 Å². The molecule has 45 heavy (non-hydrogen) atoms. The third-order valence-electron chi connectivity index (χ3n) is 8.45. The first kappa shape index (κ1) is 33.0. The lowest BCUT2D eigenvalue weighted by molar-refractivity contribution is -0.137. The van der Waals surface area contributed by atoms with Crippen LogP contribution in [-0.2, 0) is 12.6 Å². The molecule has 2 fully saturated rings. The molecule has 14 heteroatoms. The van der Waals surface area contributed by atoms with Crippen LogP contribution in [0.4, 0.5) is 43.8 Å². The van der Waals surface area contributed by atoms with Crippen LogP contribution < -0.4 is 21.3 Å². The molecule has 0 radical (unpaired) electrons. The van der Waals surface area contributed by atoms with Crippen molar-refractivity contribution in [3.05, 3.63) is 34.5 Å². The van der Waals surface area contributed by atoms with E-state index in [1.54, 1.807) is 0 Å². The second kappa shape index (κ2) is 12.8. The van der Waals surface area contributed by atoms with Crippen LogP contribution in [0, 0.1) is 24.5 Å². The van der Waals surface area contributed by atoms with Crippen LogP contribution in [0.3, 0.4) is 0 Å². The number of fused-ring (bicyclic) bond motifs is 1. The number of nitrogen functional groups attached to an aromatic ring is 1. The fourth-order valence-corrected chi connectivity index (χ4v) is 5.89.